The van der Waals surface area contributed by atoms with Crippen LogP contribution in [0.3, 0.4) is 0 Å². The maximum atomic E-state index is 12.4. The average Bonchev–Trinajstić information content (AvgIpc) is 3.31. The molecule has 1 atom stereocenters. The standard InChI is InChI=1S/C22H22N2O3S/c1-3-26-17-9-6-7-15-13-18(27-22(15)17)14(2)23-20(25)11-12-21-24-16-8-4-5-10-19(16)28-21/h4-10,13-14H,3,11-12H2,1-2H3,(H,23,25). The number of nitrogens with zero attached hydrogens (tertiary/aromatic N) is 1. The van der Waals surface area contributed by atoms with Crippen LogP contribution in [-0.2, 0) is 11.2 Å². The molecule has 0 bridgehead atoms. The Hall–Kier alpha value is -2.86. The van der Waals surface area contributed by atoms with Gasteiger partial charge in [-0.15, -0.1) is 11.3 Å². The molecule has 0 saturated carbocycles. The van der Waals surface area contributed by atoms with Crippen LogP contribution >= 0.6 is 11.3 Å². The van der Waals surface area contributed by atoms with Crippen molar-refractivity contribution in [1.29, 1.82) is 0 Å². The molecule has 1 unspecified atom stereocenters. The quantitative estimate of drug-likeness (QED) is 0.465. The Kier molecular flexibility index (Phi) is 5.30. The van der Waals surface area contributed by atoms with E-state index < -0.39 is 0 Å². The largest absolute Gasteiger partial charge is 0.490 e. The van der Waals surface area contributed by atoms with E-state index in [9.17, 15) is 4.79 Å². The number of carbonyl (C=O) groups excluding carboxylic acids is 1. The summed E-state index contributed by atoms with van der Waals surface area (Å²) in [5, 5.41) is 4.97. The van der Waals surface area contributed by atoms with Gasteiger partial charge in [0.15, 0.2) is 11.3 Å². The molecule has 0 aliphatic carbocycles. The van der Waals surface area contributed by atoms with Gasteiger partial charge in [0, 0.05) is 18.2 Å². The predicted octanol–water partition coefficient (Wildman–Crippen LogP) is 5.25. The summed E-state index contributed by atoms with van der Waals surface area (Å²) in [5.41, 5.74) is 1.71. The van der Waals surface area contributed by atoms with Crippen LogP contribution in [0.15, 0.2) is 52.9 Å². The van der Waals surface area contributed by atoms with Crippen LogP contribution in [0.5, 0.6) is 5.75 Å². The number of ether oxygens (including phenoxy) is 1. The smallest absolute Gasteiger partial charge is 0.220 e. The van der Waals surface area contributed by atoms with Crippen molar-refractivity contribution in [2.75, 3.05) is 6.61 Å². The normalized spacial score (nSPS) is 12.4. The molecular weight excluding hydrogens is 372 g/mol. The number of carbonyl (C=O) groups is 1. The van der Waals surface area contributed by atoms with Crippen LogP contribution in [0.4, 0.5) is 0 Å². The summed E-state index contributed by atoms with van der Waals surface area (Å²) in [6.45, 7) is 4.44. The molecule has 2 aromatic carbocycles. The highest BCUT2D eigenvalue weighted by atomic mass is 32.1. The minimum atomic E-state index is -0.218. The number of hydrogen-bond acceptors (Lipinski definition) is 5. The van der Waals surface area contributed by atoms with Gasteiger partial charge in [0.05, 0.1) is 27.9 Å². The van der Waals surface area contributed by atoms with Crippen LogP contribution in [0.25, 0.3) is 21.2 Å². The summed E-state index contributed by atoms with van der Waals surface area (Å²) >= 11 is 1.64. The highest BCUT2D eigenvalue weighted by Crippen LogP contribution is 2.31. The number of furan rings is 1. The summed E-state index contributed by atoms with van der Waals surface area (Å²) in [6, 6.07) is 15.6. The zero-order valence-corrected chi connectivity index (χ0v) is 16.7. The second kappa shape index (κ2) is 8.02. The van der Waals surface area contributed by atoms with Crippen molar-refractivity contribution in [3.8, 4) is 5.75 Å². The van der Waals surface area contributed by atoms with Crippen LogP contribution in [-0.4, -0.2) is 17.5 Å². The van der Waals surface area contributed by atoms with Gasteiger partial charge >= 0.3 is 0 Å². The minimum Gasteiger partial charge on any atom is -0.490 e. The van der Waals surface area contributed by atoms with Gasteiger partial charge in [-0.1, -0.05) is 24.3 Å². The molecule has 1 N–H and O–H groups in total. The third-order valence-corrected chi connectivity index (χ3v) is 5.63. The van der Waals surface area contributed by atoms with E-state index in [1.165, 1.54) is 0 Å². The Morgan fingerprint density at radius 2 is 2.11 bits per heavy atom. The minimum absolute atomic E-state index is 0.0164. The first-order valence-corrected chi connectivity index (χ1v) is 10.2. The number of benzene rings is 2. The monoisotopic (exact) mass is 394 g/mol. The molecule has 0 saturated heterocycles. The molecule has 0 radical (unpaired) electrons. The fourth-order valence-electron chi connectivity index (χ4n) is 3.17. The number of aromatic nitrogens is 1. The third kappa shape index (κ3) is 3.87. The first-order chi connectivity index (χ1) is 13.6. The van der Waals surface area contributed by atoms with Crippen LogP contribution in [0.1, 0.15) is 37.1 Å². The fraction of sp³-hybridized carbons (Fsp3) is 0.273. The highest BCUT2D eigenvalue weighted by Gasteiger charge is 2.16. The van der Waals surface area contributed by atoms with Gasteiger partial charge in [0.25, 0.3) is 0 Å². The molecule has 0 aliphatic rings. The molecule has 4 rings (SSSR count). The van der Waals surface area contributed by atoms with Gasteiger partial charge in [-0.05, 0) is 38.1 Å². The summed E-state index contributed by atoms with van der Waals surface area (Å²) in [7, 11) is 0. The van der Waals surface area contributed by atoms with Gasteiger partial charge < -0.3 is 14.5 Å². The van der Waals surface area contributed by atoms with E-state index in [2.05, 4.69) is 16.4 Å². The number of nitrogens with one attached hydrogen (secondary N) is 1. The van der Waals surface area contributed by atoms with E-state index in [1.807, 2.05) is 56.3 Å². The number of amides is 1. The van der Waals surface area contributed by atoms with Crippen molar-refractivity contribution in [2.45, 2.75) is 32.7 Å². The molecule has 0 spiro atoms. The third-order valence-electron chi connectivity index (χ3n) is 4.54. The number of thiazole rings is 1. The fourth-order valence-corrected chi connectivity index (χ4v) is 4.14. The van der Waals surface area contributed by atoms with Crippen LogP contribution < -0.4 is 10.1 Å². The van der Waals surface area contributed by atoms with Crippen molar-refractivity contribution < 1.29 is 13.9 Å². The number of aryl methyl sites for hydroxylation is 1. The maximum Gasteiger partial charge on any atom is 0.220 e. The Labute approximate surface area is 167 Å². The van der Waals surface area contributed by atoms with Gasteiger partial charge in [-0.3, -0.25) is 4.79 Å². The van der Waals surface area contributed by atoms with Crippen molar-refractivity contribution in [3.63, 3.8) is 0 Å². The highest BCUT2D eigenvalue weighted by molar-refractivity contribution is 7.18. The van der Waals surface area contributed by atoms with Gasteiger partial charge in [-0.25, -0.2) is 4.98 Å². The lowest BCUT2D eigenvalue weighted by atomic mass is 10.2. The topological polar surface area (TPSA) is 64.4 Å². The zero-order chi connectivity index (χ0) is 19.5. The second-order valence-electron chi connectivity index (χ2n) is 6.62. The van der Waals surface area contributed by atoms with Crippen LogP contribution in [0, 0.1) is 0 Å². The average molecular weight is 394 g/mol. The zero-order valence-electron chi connectivity index (χ0n) is 15.9. The molecular formula is C22H22N2O3S. The van der Waals surface area contributed by atoms with E-state index in [0.717, 1.165) is 37.7 Å². The molecule has 6 heteroatoms. The van der Waals surface area contributed by atoms with Gasteiger partial charge in [-0.2, -0.15) is 0 Å². The first kappa shape index (κ1) is 18.5. The second-order valence-corrected chi connectivity index (χ2v) is 7.74. The summed E-state index contributed by atoms with van der Waals surface area (Å²) in [6.07, 6.45) is 1.03. The molecule has 0 fully saturated rings. The number of rotatable bonds is 7. The Bertz CT molecular complexity index is 1080. The molecule has 144 valence electrons. The number of para-hydroxylation sites is 2. The van der Waals surface area contributed by atoms with Crippen molar-refractivity contribution in [2.24, 2.45) is 0 Å². The lowest BCUT2D eigenvalue weighted by molar-refractivity contribution is -0.121. The Morgan fingerprint density at radius 3 is 2.93 bits per heavy atom. The molecule has 5 nitrogen and oxygen atoms in total. The molecule has 28 heavy (non-hydrogen) atoms. The first-order valence-electron chi connectivity index (χ1n) is 9.43. The Morgan fingerprint density at radius 1 is 1.25 bits per heavy atom. The maximum absolute atomic E-state index is 12.4. The van der Waals surface area contributed by atoms with E-state index in [4.69, 9.17) is 9.15 Å². The SMILES string of the molecule is CCOc1cccc2cc(C(C)NC(=O)CCc3nc4ccccc4s3)oc12. The molecule has 4 aromatic rings. The number of hydrogen-bond donors (Lipinski definition) is 1. The Balaban J connectivity index is 1.40. The van der Waals surface area contributed by atoms with Crippen LogP contribution in [0.2, 0.25) is 0 Å². The van der Waals surface area contributed by atoms with E-state index in [1.54, 1.807) is 11.3 Å². The van der Waals surface area contributed by atoms with Crippen molar-refractivity contribution in [1.82, 2.24) is 10.3 Å². The van der Waals surface area contributed by atoms with Gasteiger partial charge in [0.2, 0.25) is 5.91 Å². The lowest BCUT2D eigenvalue weighted by Gasteiger charge is -2.11. The molecule has 2 heterocycles. The predicted molar refractivity (Wildman–Crippen MR) is 112 cm³/mol. The van der Waals surface area contributed by atoms with E-state index in [-0.39, 0.29) is 11.9 Å². The van der Waals surface area contributed by atoms with Gasteiger partial charge in [0.1, 0.15) is 5.76 Å². The number of fused-ring (bicyclic) bond motifs is 2. The van der Waals surface area contributed by atoms with E-state index >= 15 is 0 Å². The summed E-state index contributed by atoms with van der Waals surface area (Å²) in [5.74, 6) is 1.42. The van der Waals surface area contributed by atoms with Crippen molar-refractivity contribution >= 4 is 38.4 Å². The van der Waals surface area contributed by atoms with E-state index in [0.29, 0.717) is 19.4 Å². The van der Waals surface area contributed by atoms with Crippen molar-refractivity contribution in [3.05, 3.63) is 59.3 Å². The lowest BCUT2D eigenvalue weighted by Crippen LogP contribution is -2.26. The molecule has 1 amide bonds. The molecule has 0 aliphatic heterocycles. The summed E-state index contributed by atoms with van der Waals surface area (Å²) in [4.78, 5) is 17.0. The summed E-state index contributed by atoms with van der Waals surface area (Å²) < 4.78 is 12.7. The molecule has 2 aromatic heterocycles.